The van der Waals surface area contributed by atoms with E-state index in [0.29, 0.717) is 0 Å². The molecule has 1 aromatic heterocycles. The van der Waals surface area contributed by atoms with Crippen molar-refractivity contribution in [2.45, 2.75) is 13.8 Å². The van der Waals surface area contributed by atoms with E-state index in [9.17, 15) is 4.79 Å². The predicted molar refractivity (Wildman–Crippen MR) is 37.0 cm³/mol. The Morgan fingerprint density at radius 1 is 1.60 bits per heavy atom. The van der Waals surface area contributed by atoms with Gasteiger partial charge in [0.2, 0.25) is 0 Å². The Kier molecular flexibility index (Phi) is 3.95. The lowest BCUT2D eigenvalue weighted by Crippen LogP contribution is -2.07. The third-order valence-electron chi connectivity index (χ3n) is 0.700. The van der Waals surface area contributed by atoms with Crippen molar-refractivity contribution in [1.29, 1.82) is 0 Å². The molecule has 0 spiro atoms. The molecule has 4 nitrogen and oxygen atoms in total. The van der Waals surface area contributed by atoms with Crippen LogP contribution in [0.1, 0.15) is 13.8 Å². The molecule has 0 aliphatic rings. The molecular formula is C6H10N2O2. The van der Waals surface area contributed by atoms with Gasteiger partial charge in [-0.15, -0.1) is 0 Å². The van der Waals surface area contributed by atoms with E-state index in [1.165, 1.54) is 12.4 Å². The van der Waals surface area contributed by atoms with Gasteiger partial charge in [-0.2, -0.15) is 9.78 Å². The van der Waals surface area contributed by atoms with Crippen LogP contribution in [0.25, 0.3) is 0 Å². The fourth-order valence-electron chi connectivity index (χ4n) is 0.382. The molecule has 0 saturated carbocycles. The Morgan fingerprint density at radius 3 is 2.40 bits per heavy atom. The van der Waals surface area contributed by atoms with E-state index in [0.717, 1.165) is 4.68 Å². The van der Waals surface area contributed by atoms with Crippen molar-refractivity contribution in [2.24, 2.45) is 0 Å². The lowest BCUT2D eigenvalue weighted by atomic mass is 10.8. The van der Waals surface area contributed by atoms with E-state index in [2.05, 4.69) is 5.10 Å². The van der Waals surface area contributed by atoms with Crippen molar-refractivity contribution in [3.63, 3.8) is 0 Å². The Morgan fingerprint density at radius 2 is 2.20 bits per heavy atom. The minimum Gasteiger partial charge on any atom is -0.463 e. The zero-order chi connectivity index (χ0) is 7.98. The maximum Gasteiger partial charge on any atom is 0.432 e. The fraction of sp³-hybridized carbons (Fsp3) is 0.333. The molecule has 0 bridgehead atoms. The van der Waals surface area contributed by atoms with Crippen molar-refractivity contribution >= 4 is 6.09 Å². The van der Waals surface area contributed by atoms with Gasteiger partial charge in [0.15, 0.2) is 0 Å². The molecule has 4 heteroatoms. The highest BCUT2D eigenvalue weighted by Crippen LogP contribution is 1.80. The summed E-state index contributed by atoms with van der Waals surface area (Å²) in [5.41, 5.74) is 0. The van der Waals surface area contributed by atoms with Crippen LogP contribution in [-0.4, -0.2) is 21.0 Å². The number of carboxylic acid groups (broad SMARTS) is 1. The quantitative estimate of drug-likeness (QED) is 0.596. The second-order valence-electron chi connectivity index (χ2n) is 1.23. The molecule has 0 fully saturated rings. The summed E-state index contributed by atoms with van der Waals surface area (Å²) in [7, 11) is 0. The summed E-state index contributed by atoms with van der Waals surface area (Å²) >= 11 is 0. The van der Waals surface area contributed by atoms with Gasteiger partial charge >= 0.3 is 6.09 Å². The van der Waals surface area contributed by atoms with Gasteiger partial charge in [0.1, 0.15) is 0 Å². The topological polar surface area (TPSA) is 55.1 Å². The number of carbonyl (C=O) groups is 1. The molecule has 1 rings (SSSR count). The number of aromatic nitrogens is 2. The minimum absolute atomic E-state index is 0.833. The summed E-state index contributed by atoms with van der Waals surface area (Å²) in [5.74, 6) is 0. The van der Waals surface area contributed by atoms with E-state index in [1.54, 1.807) is 6.07 Å². The maximum absolute atomic E-state index is 9.96. The van der Waals surface area contributed by atoms with Crippen LogP contribution in [0, 0.1) is 0 Å². The van der Waals surface area contributed by atoms with Crippen LogP contribution in [0.3, 0.4) is 0 Å². The van der Waals surface area contributed by atoms with E-state index in [1.807, 2.05) is 13.8 Å². The van der Waals surface area contributed by atoms with Gasteiger partial charge in [-0.1, -0.05) is 13.8 Å². The summed E-state index contributed by atoms with van der Waals surface area (Å²) < 4.78 is 0.833. The van der Waals surface area contributed by atoms with E-state index >= 15 is 0 Å². The molecule has 0 saturated heterocycles. The van der Waals surface area contributed by atoms with Crippen LogP contribution in [0.4, 0.5) is 4.79 Å². The van der Waals surface area contributed by atoms with Crippen LogP contribution in [-0.2, 0) is 0 Å². The number of rotatable bonds is 0. The second-order valence-corrected chi connectivity index (χ2v) is 1.23. The number of hydrogen-bond acceptors (Lipinski definition) is 2. The molecule has 0 atom stereocenters. The molecule has 0 unspecified atom stereocenters. The highest BCUT2D eigenvalue weighted by atomic mass is 16.4. The molecule has 0 amide bonds. The lowest BCUT2D eigenvalue weighted by molar-refractivity contribution is 0.192. The normalized spacial score (nSPS) is 7.80. The first-order chi connectivity index (χ1) is 4.80. The second kappa shape index (κ2) is 4.55. The van der Waals surface area contributed by atoms with Crippen LogP contribution >= 0.6 is 0 Å². The fourth-order valence-corrected chi connectivity index (χ4v) is 0.382. The number of nitrogens with zero attached hydrogens (tertiary/aromatic N) is 2. The predicted octanol–water partition coefficient (Wildman–Crippen LogP) is 1.44. The Bertz CT molecular complexity index is 182. The van der Waals surface area contributed by atoms with Gasteiger partial charge < -0.3 is 5.11 Å². The van der Waals surface area contributed by atoms with Crippen molar-refractivity contribution < 1.29 is 9.90 Å². The van der Waals surface area contributed by atoms with Gasteiger partial charge in [-0.25, -0.2) is 4.79 Å². The van der Waals surface area contributed by atoms with Crippen LogP contribution in [0.2, 0.25) is 0 Å². The van der Waals surface area contributed by atoms with Crippen LogP contribution < -0.4 is 0 Å². The number of hydrogen-bond donors (Lipinski definition) is 1. The van der Waals surface area contributed by atoms with E-state index in [4.69, 9.17) is 5.11 Å². The van der Waals surface area contributed by atoms with Crippen molar-refractivity contribution in [3.8, 4) is 0 Å². The summed E-state index contributed by atoms with van der Waals surface area (Å²) in [6, 6.07) is 1.55. The summed E-state index contributed by atoms with van der Waals surface area (Å²) in [6.45, 7) is 4.00. The first-order valence-corrected chi connectivity index (χ1v) is 3.03. The zero-order valence-electron chi connectivity index (χ0n) is 5.98. The first-order valence-electron chi connectivity index (χ1n) is 3.03. The lowest BCUT2D eigenvalue weighted by Gasteiger charge is -1.85. The highest BCUT2D eigenvalue weighted by molar-refractivity contribution is 5.66. The standard InChI is InChI=1S/C4H4N2O2.C2H6/c7-4(8)6-3-1-2-5-6;1-2/h1-3H,(H,7,8);1-2H3. The van der Waals surface area contributed by atoms with Crippen molar-refractivity contribution in [1.82, 2.24) is 9.78 Å². The molecule has 0 aromatic carbocycles. The average molecular weight is 142 g/mol. The summed E-state index contributed by atoms with van der Waals surface area (Å²) in [6.07, 6.45) is 1.71. The third-order valence-corrected chi connectivity index (χ3v) is 0.700. The van der Waals surface area contributed by atoms with Gasteiger partial charge in [0.25, 0.3) is 0 Å². The Labute approximate surface area is 59.1 Å². The largest absolute Gasteiger partial charge is 0.463 e. The molecule has 56 valence electrons. The maximum atomic E-state index is 9.96. The minimum atomic E-state index is -1.06. The average Bonchev–Trinajstić information content (AvgIpc) is 2.42. The third kappa shape index (κ3) is 2.30. The first kappa shape index (κ1) is 8.68. The molecule has 10 heavy (non-hydrogen) atoms. The van der Waals surface area contributed by atoms with Crippen LogP contribution in [0.5, 0.6) is 0 Å². The van der Waals surface area contributed by atoms with E-state index in [-0.39, 0.29) is 0 Å². The molecular weight excluding hydrogens is 132 g/mol. The van der Waals surface area contributed by atoms with Crippen LogP contribution in [0.15, 0.2) is 18.5 Å². The van der Waals surface area contributed by atoms with Gasteiger partial charge in [-0.05, 0) is 6.07 Å². The zero-order valence-corrected chi connectivity index (χ0v) is 5.98. The van der Waals surface area contributed by atoms with E-state index < -0.39 is 6.09 Å². The van der Waals surface area contributed by atoms with Gasteiger partial charge in [0, 0.05) is 12.4 Å². The van der Waals surface area contributed by atoms with Crippen molar-refractivity contribution in [2.75, 3.05) is 0 Å². The monoisotopic (exact) mass is 142 g/mol. The summed E-state index contributed by atoms with van der Waals surface area (Å²) in [5, 5.41) is 11.6. The highest BCUT2D eigenvalue weighted by Gasteiger charge is 1.94. The van der Waals surface area contributed by atoms with Crippen molar-refractivity contribution in [3.05, 3.63) is 18.5 Å². The van der Waals surface area contributed by atoms with Gasteiger partial charge in [-0.3, -0.25) is 0 Å². The molecule has 0 aliphatic carbocycles. The Balaban J connectivity index is 0.000000371. The molecule has 1 N–H and O–H groups in total. The molecule has 0 radical (unpaired) electrons. The molecule has 0 aliphatic heterocycles. The smallest absolute Gasteiger partial charge is 0.432 e. The SMILES string of the molecule is CC.O=C(O)n1cccn1. The molecule has 1 heterocycles. The summed E-state index contributed by atoms with van der Waals surface area (Å²) in [4.78, 5) is 9.96. The molecule has 1 aromatic rings. The Hall–Kier alpha value is -1.32. The van der Waals surface area contributed by atoms with Gasteiger partial charge in [0.05, 0.1) is 0 Å².